The molecule has 0 amide bonds. The maximum absolute atomic E-state index is 14.6. The smallest absolute Gasteiger partial charge is 0.263 e. The first-order valence-corrected chi connectivity index (χ1v) is 10.0. The molecule has 0 spiro atoms. The van der Waals surface area contributed by atoms with Gasteiger partial charge in [-0.1, -0.05) is 35.9 Å². The molecule has 3 aromatic carbocycles. The van der Waals surface area contributed by atoms with Crippen molar-refractivity contribution in [3.05, 3.63) is 83.4 Å². The lowest BCUT2D eigenvalue weighted by atomic mass is 10.0. The summed E-state index contributed by atoms with van der Waals surface area (Å²) >= 11 is 6.19. The zero-order valence-electron chi connectivity index (χ0n) is 16.7. The Morgan fingerprint density at radius 1 is 1.00 bits per heavy atom. The molecule has 0 fully saturated rings. The number of anilines is 2. The van der Waals surface area contributed by atoms with Crippen LogP contribution < -0.4 is 4.90 Å². The molecule has 0 N–H and O–H groups in total. The third-order valence-electron chi connectivity index (χ3n) is 5.32. The number of hydrogen-bond acceptors (Lipinski definition) is 4. The Labute approximate surface area is 185 Å². The fraction of sp³-hybridized carbons (Fsp3) is 0.0870. The van der Waals surface area contributed by atoms with Gasteiger partial charge in [0.15, 0.2) is 0 Å². The van der Waals surface area contributed by atoms with Gasteiger partial charge in [0.25, 0.3) is 12.2 Å². The quantitative estimate of drug-likeness (QED) is 0.314. The van der Waals surface area contributed by atoms with Gasteiger partial charge in [0, 0.05) is 34.3 Å². The molecule has 5 aromatic rings. The molecule has 5 rings (SSSR count). The topological polar surface area (TPSA) is 46.3 Å². The molecule has 0 atom stereocenters. The van der Waals surface area contributed by atoms with Gasteiger partial charge in [0.05, 0.1) is 5.52 Å². The molecule has 0 radical (unpaired) electrons. The zero-order chi connectivity index (χ0) is 22.4. The van der Waals surface area contributed by atoms with Crippen LogP contribution in [0.1, 0.15) is 12.0 Å². The molecule has 0 aliphatic heterocycles. The molecule has 0 aliphatic rings. The van der Waals surface area contributed by atoms with Crippen LogP contribution >= 0.6 is 11.6 Å². The Kier molecular flexibility index (Phi) is 4.94. The van der Waals surface area contributed by atoms with E-state index in [0.717, 1.165) is 10.9 Å². The van der Waals surface area contributed by atoms with Crippen LogP contribution in [0.15, 0.2) is 67.0 Å². The van der Waals surface area contributed by atoms with Gasteiger partial charge in [0.2, 0.25) is 0 Å². The third-order valence-corrected chi connectivity index (χ3v) is 5.56. The van der Waals surface area contributed by atoms with Gasteiger partial charge in [-0.3, -0.25) is 4.40 Å². The molecular formula is C23H15ClF3N5. The second kappa shape index (κ2) is 7.80. The van der Waals surface area contributed by atoms with Gasteiger partial charge in [-0.25, -0.2) is 13.2 Å². The highest BCUT2D eigenvalue weighted by molar-refractivity contribution is 6.31. The van der Waals surface area contributed by atoms with Crippen LogP contribution in [0.3, 0.4) is 0 Å². The van der Waals surface area contributed by atoms with Gasteiger partial charge in [-0.15, -0.1) is 10.2 Å². The number of halogens is 4. The van der Waals surface area contributed by atoms with E-state index in [1.807, 2.05) is 6.07 Å². The summed E-state index contributed by atoms with van der Waals surface area (Å²) in [4.78, 5) is 6.43. The summed E-state index contributed by atoms with van der Waals surface area (Å²) in [7, 11) is 1.81. The van der Waals surface area contributed by atoms with Crippen molar-refractivity contribution in [3.63, 3.8) is 0 Å². The van der Waals surface area contributed by atoms with E-state index >= 15 is 0 Å². The number of hydrogen-bond donors (Lipinski definition) is 0. The summed E-state index contributed by atoms with van der Waals surface area (Å²) in [6, 6.07) is 15.6. The lowest BCUT2D eigenvalue weighted by Crippen LogP contribution is -2.13. The molecule has 5 nitrogen and oxygen atoms in total. The van der Waals surface area contributed by atoms with E-state index in [2.05, 4.69) is 15.2 Å². The highest BCUT2D eigenvalue weighted by atomic mass is 35.5. The first kappa shape index (κ1) is 20.3. The minimum absolute atomic E-state index is 0.113. The molecule has 0 bridgehead atoms. The van der Waals surface area contributed by atoms with Crippen LogP contribution in [-0.2, 0) is 0 Å². The molecule has 0 saturated carbocycles. The number of alkyl halides is 2. The van der Waals surface area contributed by atoms with E-state index in [1.54, 1.807) is 46.9 Å². The standard InChI is InChI=1S/C23H15ClF3N5/c1-31(22-17-8-6-15(24)10-20(17)32-12-28-30-23(32)29-22)16-7-9-19(25)18(11-16)13-2-4-14(5-3-13)21(26)27/h2-12,21H,1H3. The summed E-state index contributed by atoms with van der Waals surface area (Å²) < 4.78 is 42.1. The number of benzene rings is 3. The molecule has 2 heterocycles. The summed E-state index contributed by atoms with van der Waals surface area (Å²) in [5, 5.41) is 9.33. The van der Waals surface area contributed by atoms with E-state index < -0.39 is 12.2 Å². The summed E-state index contributed by atoms with van der Waals surface area (Å²) in [5.74, 6) is 0.527. The zero-order valence-corrected chi connectivity index (χ0v) is 17.4. The van der Waals surface area contributed by atoms with Crippen molar-refractivity contribution >= 4 is 39.8 Å². The second-order valence-corrected chi connectivity index (χ2v) is 7.68. The highest BCUT2D eigenvalue weighted by Crippen LogP contribution is 2.34. The number of fused-ring (bicyclic) bond motifs is 3. The SMILES string of the molecule is CN(c1ccc(F)c(-c2ccc(C(F)F)cc2)c1)c1nc2nncn2c2cc(Cl)ccc12. The molecule has 0 unspecified atom stereocenters. The lowest BCUT2D eigenvalue weighted by molar-refractivity contribution is 0.151. The Bertz CT molecular complexity index is 1450. The monoisotopic (exact) mass is 453 g/mol. The first-order valence-electron chi connectivity index (χ1n) is 9.63. The van der Waals surface area contributed by atoms with Gasteiger partial charge in [-0.05, 0) is 42.0 Å². The van der Waals surface area contributed by atoms with Gasteiger partial charge < -0.3 is 4.90 Å². The van der Waals surface area contributed by atoms with Crippen LogP contribution in [0.4, 0.5) is 24.7 Å². The van der Waals surface area contributed by atoms with Crippen molar-refractivity contribution in [1.82, 2.24) is 19.6 Å². The van der Waals surface area contributed by atoms with E-state index in [0.29, 0.717) is 33.4 Å². The molecule has 2 aromatic heterocycles. The first-order chi connectivity index (χ1) is 15.4. The van der Waals surface area contributed by atoms with Crippen molar-refractivity contribution in [2.45, 2.75) is 6.43 Å². The number of nitrogens with zero attached hydrogens (tertiary/aromatic N) is 5. The fourth-order valence-electron chi connectivity index (χ4n) is 3.65. The minimum Gasteiger partial charge on any atom is -0.329 e. The molecule has 9 heteroatoms. The largest absolute Gasteiger partial charge is 0.329 e. The Morgan fingerprint density at radius 2 is 1.78 bits per heavy atom. The van der Waals surface area contributed by atoms with Crippen molar-refractivity contribution in [2.75, 3.05) is 11.9 Å². The average molecular weight is 454 g/mol. The van der Waals surface area contributed by atoms with Crippen LogP contribution in [-0.4, -0.2) is 26.6 Å². The highest BCUT2D eigenvalue weighted by Gasteiger charge is 2.17. The van der Waals surface area contributed by atoms with Crippen molar-refractivity contribution < 1.29 is 13.2 Å². The normalized spacial score (nSPS) is 11.6. The maximum Gasteiger partial charge on any atom is 0.263 e. The Hall–Kier alpha value is -3.65. The van der Waals surface area contributed by atoms with E-state index in [-0.39, 0.29) is 5.56 Å². The van der Waals surface area contributed by atoms with Crippen molar-refractivity contribution in [2.24, 2.45) is 0 Å². The third kappa shape index (κ3) is 3.42. The molecular weight excluding hydrogens is 439 g/mol. The van der Waals surface area contributed by atoms with Crippen molar-refractivity contribution in [1.29, 1.82) is 0 Å². The second-order valence-electron chi connectivity index (χ2n) is 7.24. The minimum atomic E-state index is -2.58. The summed E-state index contributed by atoms with van der Waals surface area (Å²) in [5.41, 5.74) is 2.12. The van der Waals surface area contributed by atoms with Gasteiger partial charge in [-0.2, -0.15) is 4.98 Å². The Balaban J connectivity index is 1.62. The predicted octanol–water partition coefficient (Wildman–Crippen LogP) is 6.44. The average Bonchev–Trinajstić information content (AvgIpc) is 3.27. The number of rotatable bonds is 4. The molecule has 0 saturated heterocycles. The van der Waals surface area contributed by atoms with Crippen LogP contribution in [0, 0.1) is 5.82 Å². The van der Waals surface area contributed by atoms with Crippen LogP contribution in [0.25, 0.3) is 27.8 Å². The molecule has 32 heavy (non-hydrogen) atoms. The van der Waals surface area contributed by atoms with E-state index in [1.165, 1.54) is 30.3 Å². The van der Waals surface area contributed by atoms with Crippen molar-refractivity contribution in [3.8, 4) is 11.1 Å². The summed E-state index contributed by atoms with van der Waals surface area (Å²) in [6.07, 6.45) is -1.02. The van der Waals surface area contributed by atoms with E-state index in [4.69, 9.17) is 11.6 Å². The van der Waals surface area contributed by atoms with Gasteiger partial charge in [0.1, 0.15) is 18.0 Å². The maximum atomic E-state index is 14.6. The Morgan fingerprint density at radius 3 is 2.53 bits per heavy atom. The molecule has 160 valence electrons. The van der Waals surface area contributed by atoms with Gasteiger partial charge >= 0.3 is 0 Å². The lowest BCUT2D eigenvalue weighted by Gasteiger charge is -2.21. The summed E-state index contributed by atoms with van der Waals surface area (Å²) in [6.45, 7) is 0. The fourth-order valence-corrected chi connectivity index (χ4v) is 3.82. The van der Waals surface area contributed by atoms with E-state index in [9.17, 15) is 13.2 Å². The number of aromatic nitrogens is 4. The predicted molar refractivity (Wildman–Crippen MR) is 118 cm³/mol. The van der Waals surface area contributed by atoms with Crippen LogP contribution in [0.2, 0.25) is 5.02 Å². The van der Waals surface area contributed by atoms with Crippen LogP contribution in [0.5, 0.6) is 0 Å². The molecule has 0 aliphatic carbocycles.